The van der Waals surface area contributed by atoms with Crippen molar-refractivity contribution in [2.75, 3.05) is 52.4 Å². The highest BCUT2D eigenvalue weighted by atomic mass is 16.7. The fourth-order valence-corrected chi connectivity index (χ4v) is 5.74. The van der Waals surface area contributed by atoms with Crippen molar-refractivity contribution in [1.29, 1.82) is 0 Å². The van der Waals surface area contributed by atoms with Crippen molar-refractivity contribution in [2.24, 2.45) is 0 Å². The summed E-state index contributed by atoms with van der Waals surface area (Å²) in [6, 6.07) is 0. The Morgan fingerprint density at radius 1 is 0.500 bits per heavy atom. The van der Waals surface area contributed by atoms with E-state index in [1.165, 1.54) is 64.2 Å². The number of hydroxylamine groups is 2. The molecule has 0 aliphatic carbocycles. The van der Waals surface area contributed by atoms with E-state index < -0.39 is 5.79 Å². The van der Waals surface area contributed by atoms with Gasteiger partial charge in [0.1, 0.15) is 0 Å². The van der Waals surface area contributed by atoms with Crippen LogP contribution in [-0.2, 0) is 9.63 Å². The third-order valence-electron chi connectivity index (χ3n) is 7.19. The quantitative estimate of drug-likeness (QED) is 0.716. The Hall–Kier alpha value is -0.690. The standard InChI is InChI=1S/C22H40N4O2/c27-21(28-26-19-11-4-12-20-26)22(23-13-5-1-6-14-23,24-15-7-2-8-16-24)25-17-9-3-10-18-25/h1-20H2. The molecule has 4 aliphatic rings. The van der Waals surface area contributed by atoms with Crippen LogP contribution >= 0.6 is 0 Å². The van der Waals surface area contributed by atoms with Crippen molar-refractivity contribution in [2.45, 2.75) is 82.8 Å². The van der Waals surface area contributed by atoms with E-state index in [1.807, 2.05) is 5.06 Å². The molecule has 6 nitrogen and oxygen atoms in total. The van der Waals surface area contributed by atoms with Gasteiger partial charge in [0.2, 0.25) is 5.79 Å². The minimum atomic E-state index is -0.682. The summed E-state index contributed by atoms with van der Waals surface area (Å²) in [7, 11) is 0. The Morgan fingerprint density at radius 2 is 0.821 bits per heavy atom. The average Bonchev–Trinajstić information content (AvgIpc) is 2.77. The van der Waals surface area contributed by atoms with E-state index in [2.05, 4.69) is 14.7 Å². The molecule has 4 aliphatic heterocycles. The second kappa shape index (κ2) is 9.88. The number of carbonyl (C=O) groups is 1. The maximum absolute atomic E-state index is 14.0. The lowest BCUT2D eigenvalue weighted by Crippen LogP contribution is -2.76. The van der Waals surface area contributed by atoms with Gasteiger partial charge in [-0.1, -0.05) is 25.7 Å². The molecule has 4 rings (SSSR count). The summed E-state index contributed by atoms with van der Waals surface area (Å²) in [6.07, 6.45) is 14.6. The molecule has 160 valence electrons. The third kappa shape index (κ3) is 4.25. The van der Waals surface area contributed by atoms with E-state index in [0.717, 1.165) is 65.2 Å². The molecule has 0 spiro atoms. The molecule has 0 radical (unpaired) electrons. The van der Waals surface area contributed by atoms with Crippen LogP contribution in [0.5, 0.6) is 0 Å². The summed E-state index contributed by atoms with van der Waals surface area (Å²) in [4.78, 5) is 27.7. The molecule has 0 atom stereocenters. The molecule has 0 unspecified atom stereocenters. The number of piperidine rings is 4. The maximum atomic E-state index is 14.0. The van der Waals surface area contributed by atoms with Gasteiger partial charge in [0.05, 0.1) is 0 Å². The number of hydrogen-bond acceptors (Lipinski definition) is 6. The van der Waals surface area contributed by atoms with Crippen LogP contribution in [0.15, 0.2) is 0 Å². The van der Waals surface area contributed by atoms with E-state index in [0.29, 0.717) is 0 Å². The second-order valence-electron chi connectivity index (χ2n) is 9.15. The normalized spacial score (nSPS) is 27.6. The Labute approximate surface area is 171 Å². The Kier molecular flexibility index (Phi) is 7.26. The van der Waals surface area contributed by atoms with E-state index in [4.69, 9.17) is 4.84 Å². The molecule has 0 N–H and O–H groups in total. The lowest BCUT2D eigenvalue weighted by atomic mass is 10.00. The monoisotopic (exact) mass is 392 g/mol. The fraction of sp³-hybridized carbons (Fsp3) is 0.955. The molecule has 0 amide bonds. The average molecular weight is 393 g/mol. The summed E-state index contributed by atoms with van der Waals surface area (Å²) in [5.41, 5.74) is 0. The molecule has 0 aromatic carbocycles. The number of likely N-dealkylation sites (tertiary alicyclic amines) is 3. The van der Waals surface area contributed by atoms with E-state index in [9.17, 15) is 4.79 Å². The molecule has 6 heteroatoms. The van der Waals surface area contributed by atoms with Crippen LogP contribution in [0.3, 0.4) is 0 Å². The van der Waals surface area contributed by atoms with Crippen molar-refractivity contribution < 1.29 is 9.63 Å². The first-order chi connectivity index (χ1) is 13.8. The number of nitrogens with zero attached hydrogens (tertiary/aromatic N) is 4. The second-order valence-corrected chi connectivity index (χ2v) is 9.15. The molecular formula is C22H40N4O2. The predicted octanol–water partition coefficient (Wildman–Crippen LogP) is 3.04. The van der Waals surface area contributed by atoms with Gasteiger partial charge in [0.25, 0.3) is 0 Å². The van der Waals surface area contributed by atoms with E-state index >= 15 is 0 Å². The third-order valence-corrected chi connectivity index (χ3v) is 7.19. The van der Waals surface area contributed by atoms with Gasteiger partial charge >= 0.3 is 5.97 Å². The summed E-state index contributed by atoms with van der Waals surface area (Å²) in [6.45, 7) is 7.88. The molecule has 4 fully saturated rings. The summed E-state index contributed by atoms with van der Waals surface area (Å²) >= 11 is 0. The number of carbonyl (C=O) groups excluding carboxylic acids is 1. The number of hydrogen-bond donors (Lipinski definition) is 0. The molecule has 4 saturated heterocycles. The minimum absolute atomic E-state index is 0.0138. The largest absolute Gasteiger partial charge is 0.376 e. The zero-order chi connectivity index (χ0) is 19.2. The Bertz CT molecular complexity index is 445. The first kappa shape index (κ1) is 20.6. The highest BCUT2D eigenvalue weighted by Crippen LogP contribution is 2.35. The number of rotatable bonds is 5. The first-order valence-corrected chi connectivity index (χ1v) is 12.0. The Morgan fingerprint density at radius 3 is 1.18 bits per heavy atom. The van der Waals surface area contributed by atoms with Crippen LogP contribution < -0.4 is 0 Å². The molecule has 0 bridgehead atoms. The van der Waals surface area contributed by atoms with Crippen molar-refractivity contribution in [3.63, 3.8) is 0 Å². The van der Waals surface area contributed by atoms with Crippen LogP contribution in [0.2, 0.25) is 0 Å². The fourth-order valence-electron chi connectivity index (χ4n) is 5.74. The van der Waals surface area contributed by atoms with Gasteiger partial charge in [-0.3, -0.25) is 14.7 Å². The lowest BCUT2D eigenvalue weighted by molar-refractivity contribution is -0.251. The first-order valence-electron chi connectivity index (χ1n) is 12.0. The zero-order valence-corrected chi connectivity index (χ0v) is 17.7. The van der Waals surface area contributed by atoms with Crippen LogP contribution in [-0.4, -0.2) is 83.9 Å². The highest BCUT2D eigenvalue weighted by Gasteiger charge is 2.56. The smallest absolute Gasteiger partial charge is 0.364 e. The maximum Gasteiger partial charge on any atom is 0.376 e. The molecule has 0 aromatic rings. The van der Waals surface area contributed by atoms with Gasteiger partial charge in [-0.25, -0.2) is 4.79 Å². The topological polar surface area (TPSA) is 39.3 Å². The van der Waals surface area contributed by atoms with E-state index in [1.54, 1.807) is 0 Å². The van der Waals surface area contributed by atoms with Gasteiger partial charge in [-0.2, -0.15) is 0 Å². The minimum Gasteiger partial charge on any atom is -0.364 e. The Balaban J connectivity index is 1.65. The van der Waals surface area contributed by atoms with Crippen molar-refractivity contribution >= 4 is 5.97 Å². The van der Waals surface area contributed by atoms with Gasteiger partial charge in [-0.05, 0) is 51.4 Å². The molecule has 0 saturated carbocycles. The summed E-state index contributed by atoms with van der Waals surface area (Å²) in [5, 5.41) is 1.96. The lowest BCUT2D eigenvalue weighted by Gasteiger charge is -2.56. The van der Waals surface area contributed by atoms with Crippen molar-refractivity contribution in [1.82, 2.24) is 19.8 Å². The van der Waals surface area contributed by atoms with Gasteiger partial charge in [-0.15, -0.1) is 5.06 Å². The van der Waals surface area contributed by atoms with Gasteiger partial charge < -0.3 is 4.84 Å². The zero-order valence-electron chi connectivity index (χ0n) is 17.7. The molecular weight excluding hydrogens is 352 g/mol. The van der Waals surface area contributed by atoms with Crippen LogP contribution in [0.25, 0.3) is 0 Å². The van der Waals surface area contributed by atoms with Gasteiger partial charge in [0.15, 0.2) is 0 Å². The predicted molar refractivity (Wildman–Crippen MR) is 111 cm³/mol. The summed E-state index contributed by atoms with van der Waals surface area (Å²) < 4.78 is 0. The molecule has 4 heterocycles. The molecule has 28 heavy (non-hydrogen) atoms. The van der Waals surface area contributed by atoms with Crippen LogP contribution in [0, 0.1) is 0 Å². The SMILES string of the molecule is O=C(ON1CCCCC1)C(N1CCCCC1)(N1CCCCC1)N1CCCCC1. The van der Waals surface area contributed by atoms with Gasteiger partial charge in [0, 0.05) is 52.4 Å². The van der Waals surface area contributed by atoms with Crippen LogP contribution in [0.4, 0.5) is 0 Å². The van der Waals surface area contributed by atoms with Crippen LogP contribution in [0.1, 0.15) is 77.0 Å². The summed E-state index contributed by atoms with van der Waals surface area (Å²) in [5.74, 6) is -0.696. The van der Waals surface area contributed by atoms with Crippen molar-refractivity contribution in [3.8, 4) is 0 Å². The molecule has 0 aromatic heterocycles. The van der Waals surface area contributed by atoms with Crippen molar-refractivity contribution in [3.05, 3.63) is 0 Å². The van der Waals surface area contributed by atoms with E-state index in [-0.39, 0.29) is 5.97 Å². The highest BCUT2D eigenvalue weighted by molar-refractivity contribution is 5.80.